The summed E-state index contributed by atoms with van der Waals surface area (Å²) in [6.45, 7) is 5.87. The van der Waals surface area contributed by atoms with Crippen LogP contribution in [0.25, 0.3) is 0 Å². The summed E-state index contributed by atoms with van der Waals surface area (Å²) in [5, 5.41) is 3.47. The summed E-state index contributed by atoms with van der Waals surface area (Å²) in [6, 6.07) is 20.7. The van der Waals surface area contributed by atoms with Crippen molar-refractivity contribution in [1.29, 1.82) is 0 Å². The predicted octanol–water partition coefficient (Wildman–Crippen LogP) is 5.59. The van der Waals surface area contributed by atoms with E-state index in [1.54, 1.807) is 36.4 Å². The lowest BCUT2D eigenvalue weighted by Crippen LogP contribution is -2.53. The number of nitrogens with one attached hydrogen (secondary N) is 1. The van der Waals surface area contributed by atoms with E-state index in [1.165, 1.54) is 4.90 Å². The first-order valence-electron chi connectivity index (χ1n) is 12.9. The van der Waals surface area contributed by atoms with Crippen LogP contribution in [0.5, 0.6) is 0 Å². The highest BCUT2D eigenvalue weighted by molar-refractivity contribution is 9.10. The molecular formula is C30H35BrClN3O4S. The Morgan fingerprint density at radius 2 is 1.65 bits per heavy atom. The van der Waals surface area contributed by atoms with Crippen molar-refractivity contribution in [2.24, 2.45) is 5.92 Å². The van der Waals surface area contributed by atoms with E-state index in [9.17, 15) is 18.0 Å². The van der Waals surface area contributed by atoms with E-state index >= 15 is 0 Å². The molecular weight excluding hydrogens is 614 g/mol. The molecule has 3 aromatic carbocycles. The minimum atomic E-state index is -3.83. The molecule has 40 heavy (non-hydrogen) atoms. The topological polar surface area (TPSA) is 86.8 Å². The molecule has 3 rings (SSSR count). The van der Waals surface area contributed by atoms with Gasteiger partial charge in [0.15, 0.2) is 0 Å². The smallest absolute Gasteiger partial charge is 0.244 e. The van der Waals surface area contributed by atoms with Gasteiger partial charge in [-0.2, -0.15) is 0 Å². The van der Waals surface area contributed by atoms with Gasteiger partial charge in [-0.1, -0.05) is 83.8 Å². The molecule has 1 unspecified atom stereocenters. The molecule has 0 fully saturated rings. The van der Waals surface area contributed by atoms with Gasteiger partial charge in [0.1, 0.15) is 12.6 Å². The van der Waals surface area contributed by atoms with Gasteiger partial charge in [0.05, 0.1) is 11.9 Å². The van der Waals surface area contributed by atoms with Gasteiger partial charge < -0.3 is 10.2 Å². The van der Waals surface area contributed by atoms with E-state index in [-0.39, 0.29) is 24.8 Å². The van der Waals surface area contributed by atoms with Crippen LogP contribution in [-0.4, -0.2) is 50.5 Å². The van der Waals surface area contributed by atoms with Gasteiger partial charge in [-0.05, 0) is 59.9 Å². The molecule has 10 heteroatoms. The fourth-order valence-electron chi connectivity index (χ4n) is 4.21. The molecule has 0 spiro atoms. The highest BCUT2D eigenvalue weighted by Crippen LogP contribution is 2.25. The van der Waals surface area contributed by atoms with Gasteiger partial charge in [0, 0.05) is 29.0 Å². The third-order valence-corrected chi connectivity index (χ3v) is 8.57. The molecule has 0 saturated carbocycles. The van der Waals surface area contributed by atoms with Gasteiger partial charge in [0.25, 0.3) is 0 Å². The highest BCUT2D eigenvalue weighted by Gasteiger charge is 2.33. The summed E-state index contributed by atoms with van der Waals surface area (Å²) in [4.78, 5) is 29.2. The Kier molecular flexibility index (Phi) is 11.2. The summed E-state index contributed by atoms with van der Waals surface area (Å²) in [5.41, 5.74) is 2.79. The quantitative estimate of drug-likeness (QED) is 0.278. The number of rotatable bonds is 12. The van der Waals surface area contributed by atoms with Gasteiger partial charge in [0.2, 0.25) is 21.8 Å². The van der Waals surface area contributed by atoms with Crippen LogP contribution in [0.1, 0.15) is 30.5 Å². The summed E-state index contributed by atoms with van der Waals surface area (Å²) < 4.78 is 27.7. The van der Waals surface area contributed by atoms with Crippen LogP contribution < -0.4 is 9.62 Å². The maximum absolute atomic E-state index is 14.1. The Morgan fingerprint density at radius 1 is 0.975 bits per heavy atom. The zero-order valence-electron chi connectivity index (χ0n) is 23.1. The molecule has 0 bridgehead atoms. The molecule has 0 aliphatic heterocycles. The average Bonchev–Trinajstić information content (AvgIpc) is 2.89. The Bertz CT molecular complexity index is 1430. The molecule has 0 radical (unpaired) electrons. The number of aryl methyl sites for hydroxylation is 1. The molecule has 0 heterocycles. The van der Waals surface area contributed by atoms with Crippen molar-refractivity contribution >= 4 is 55.1 Å². The van der Waals surface area contributed by atoms with Crippen molar-refractivity contribution in [3.63, 3.8) is 0 Å². The molecule has 1 N–H and O–H groups in total. The van der Waals surface area contributed by atoms with E-state index in [0.29, 0.717) is 17.3 Å². The van der Waals surface area contributed by atoms with Crippen molar-refractivity contribution < 1.29 is 18.0 Å². The molecule has 214 valence electrons. The Balaban J connectivity index is 2.06. The van der Waals surface area contributed by atoms with Gasteiger partial charge in [-0.15, -0.1) is 0 Å². The van der Waals surface area contributed by atoms with Crippen molar-refractivity contribution in [2.75, 3.05) is 23.7 Å². The van der Waals surface area contributed by atoms with Crippen molar-refractivity contribution in [1.82, 2.24) is 10.2 Å². The van der Waals surface area contributed by atoms with E-state index in [0.717, 1.165) is 31.7 Å². The number of nitrogens with zero attached hydrogens (tertiary/aromatic N) is 2. The van der Waals surface area contributed by atoms with Gasteiger partial charge in [-0.3, -0.25) is 13.9 Å². The number of amides is 2. The van der Waals surface area contributed by atoms with Crippen molar-refractivity contribution in [3.8, 4) is 0 Å². The molecule has 1 atom stereocenters. The van der Waals surface area contributed by atoms with Crippen LogP contribution in [0.3, 0.4) is 0 Å². The molecule has 2 amide bonds. The first-order valence-corrected chi connectivity index (χ1v) is 16.0. The summed E-state index contributed by atoms with van der Waals surface area (Å²) in [5.74, 6) is -0.607. The third kappa shape index (κ3) is 9.08. The number of anilines is 1. The number of hydrogen-bond acceptors (Lipinski definition) is 4. The number of carbonyl (C=O) groups is 2. The lowest BCUT2D eigenvalue weighted by atomic mass is 10.0. The Labute approximate surface area is 250 Å². The second-order valence-electron chi connectivity index (χ2n) is 10.2. The minimum Gasteiger partial charge on any atom is -0.354 e. The summed E-state index contributed by atoms with van der Waals surface area (Å²) in [6.07, 6.45) is 1.32. The standard InChI is InChI=1S/C30H35BrClN3O4S/c1-21(2)18-33-30(37)28(17-23-9-6-5-7-10-23)34(19-24-11-8-12-25(32)16-24)29(36)20-35(40(4,38)39)26-13-14-27(31)22(3)15-26/h5-16,21,28H,17-20H2,1-4H3,(H,33,37). The highest BCUT2D eigenvalue weighted by atomic mass is 79.9. The second-order valence-corrected chi connectivity index (χ2v) is 13.4. The van der Waals surface area contributed by atoms with Gasteiger partial charge in [-0.25, -0.2) is 8.42 Å². The number of benzene rings is 3. The average molecular weight is 649 g/mol. The zero-order valence-corrected chi connectivity index (χ0v) is 26.3. The number of carbonyl (C=O) groups excluding carboxylic acids is 2. The number of hydrogen-bond donors (Lipinski definition) is 1. The van der Waals surface area contributed by atoms with E-state index in [2.05, 4.69) is 21.2 Å². The molecule has 0 aliphatic carbocycles. The zero-order chi connectivity index (χ0) is 29.4. The first kappa shape index (κ1) is 31.6. The first-order chi connectivity index (χ1) is 18.8. The summed E-state index contributed by atoms with van der Waals surface area (Å²) in [7, 11) is -3.83. The minimum absolute atomic E-state index is 0.0724. The molecule has 3 aromatic rings. The summed E-state index contributed by atoms with van der Waals surface area (Å²) >= 11 is 9.68. The molecule has 0 aromatic heterocycles. The maximum Gasteiger partial charge on any atom is 0.244 e. The monoisotopic (exact) mass is 647 g/mol. The molecule has 0 saturated heterocycles. The van der Waals surface area contributed by atoms with Crippen molar-refractivity contribution in [2.45, 2.75) is 39.8 Å². The van der Waals surface area contributed by atoms with E-state index in [1.807, 2.05) is 57.2 Å². The van der Waals surface area contributed by atoms with E-state index < -0.39 is 28.5 Å². The molecule has 0 aliphatic rings. The maximum atomic E-state index is 14.1. The fraction of sp³-hybridized carbons (Fsp3) is 0.333. The molecule has 7 nitrogen and oxygen atoms in total. The second kappa shape index (κ2) is 14.1. The normalized spacial score (nSPS) is 12.2. The van der Waals surface area contributed by atoms with Crippen LogP contribution in [0, 0.1) is 12.8 Å². The Hall–Kier alpha value is -2.88. The van der Waals surface area contributed by atoms with Crippen LogP contribution >= 0.6 is 27.5 Å². The van der Waals surface area contributed by atoms with Crippen LogP contribution in [-0.2, 0) is 32.6 Å². The van der Waals surface area contributed by atoms with Crippen LogP contribution in [0.4, 0.5) is 5.69 Å². The predicted molar refractivity (Wildman–Crippen MR) is 165 cm³/mol. The number of halogens is 2. The lowest BCUT2D eigenvalue weighted by Gasteiger charge is -2.33. The SMILES string of the molecule is Cc1cc(N(CC(=O)N(Cc2cccc(Cl)c2)C(Cc2ccccc2)C(=O)NCC(C)C)S(C)(=O)=O)ccc1Br. The number of sulfonamides is 1. The van der Waals surface area contributed by atoms with Gasteiger partial charge >= 0.3 is 0 Å². The van der Waals surface area contributed by atoms with Crippen LogP contribution in [0.15, 0.2) is 77.3 Å². The van der Waals surface area contributed by atoms with Crippen molar-refractivity contribution in [3.05, 3.63) is 99.0 Å². The Morgan fingerprint density at radius 3 is 2.25 bits per heavy atom. The third-order valence-electron chi connectivity index (χ3n) is 6.31. The lowest BCUT2D eigenvalue weighted by molar-refractivity contribution is -0.140. The van der Waals surface area contributed by atoms with E-state index in [4.69, 9.17) is 11.6 Å². The largest absolute Gasteiger partial charge is 0.354 e. The fourth-order valence-corrected chi connectivity index (χ4v) is 5.51. The van der Waals surface area contributed by atoms with Crippen LogP contribution in [0.2, 0.25) is 5.02 Å².